The highest BCUT2D eigenvalue weighted by molar-refractivity contribution is 5.28. The summed E-state index contributed by atoms with van der Waals surface area (Å²) >= 11 is 0. The first-order chi connectivity index (χ1) is 8.44. The van der Waals surface area contributed by atoms with Gasteiger partial charge in [0.15, 0.2) is 0 Å². The molecule has 0 fully saturated rings. The molecule has 1 atom stereocenters. The Morgan fingerprint density at radius 3 is 2.61 bits per heavy atom. The number of ether oxygens (including phenoxy) is 1. The molecule has 0 amide bonds. The monoisotopic (exact) mass is 261 g/mol. The largest absolute Gasteiger partial charge is 0.497 e. The van der Waals surface area contributed by atoms with E-state index in [4.69, 9.17) is 4.74 Å². The number of hydrogen-bond donors (Lipinski definition) is 1. The minimum Gasteiger partial charge on any atom is -0.497 e. The Morgan fingerprint density at radius 2 is 2.06 bits per heavy atom. The SMILES string of the molecule is CNC(CCC(F)(F)F)Cc1cccc(OC)c1. The molecule has 5 heteroatoms. The van der Waals surface area contributed by atoms with E-state index in [1.165, 1.54) is 0 Å². The highest BCUT2D eigenvalue weighted by Crippen LogP contribution is 2.23. The van der Waals surface area contributed by atoms with Crippen molar-refractivity contribution in [2.75, 3.05) is 14.2 Å². The van der Waals surface area contributed by atoms with Crippen LogP contribution in [-0.2, 0) is 6.42 Å². The molecular formula is C13H18F3NO. The molecule has 0 heterocycles. The second-order valence-corrected chi connectivity index (χ2v) is 4.20. The summed E-state index contributed by atoms with van der Waals surface area (Å²) < 4.78 is 41.6. The van der Waals surface area contributed by atoms with Gasteiger partial charge in [-0.3, -0.25) is 0 Å². The zero-order valence-corrected chi connectivity index (χ0v) is 10.6. The average Bonchev–Trinajstić information content (AvgIpc) is 2.33. The van der Waals surface area contributed by atoms with Crippen molar-refractivity contribution < 1.29 is 17.9 Å². The van der Waals surface area contributed by atoms with E-state index in [1.54, 1.807) is 14.2 Å². The molecule has 0 radical (unpaired) electrons. The molecule has 0 bridgehead atoms. The Bertz CT molecular complexity index is 365. The number of hydrogen-bond acceptors (Lipinski definition) is 2. The number of nitrogens with one attached hydrogen (secondary N) is 1. The third-order valence-electron chi connectivity index (χ3n) is 2.80. The van der Waals surface area contributed by atoms with Gasteiger partial charge in [0.2, 0.25) is 0 Å². The van der Waals surface area contributed by atoms with E-state index in [-0.39, 0.29) is 12.5 Å². The van der Waals surface area contributed by atoms with E-state index < -0.39 is 12.6 Å². The van der Waals surface area contributed by atoms with Gasteiger partial charge in [0.05, 0.1) is 7.11 Å². The van der Waals surface area contributed by atoms with Crippen LogP contribution in [-0.4, -0.2) is 26.4 Å². The van der Waals surface area contributed by atoms with Crippen LogP contribution in [0.5, 0.6) is 5.75 Å². The van der Waals surface area contributed by atoms with Crippen LogP contribution in [0.25, 0.3) is 0 Å². The first kappa shape index (κ1) is 14.8. The number of likely N-dealkylation sites (N-methyl/N-ethyl adjacent to an activating group) is 1. The summed E-state index contributed by atoms with van der Waals surface area (Å²) in [4.78, 5) is 0. The van der Waals surface area contributed by atoms with E-state index in [0.29, 0.717) is 6.42 Å². The van der Waals surface area contributed by atoms with Crippen LogP contribution in [0.2, 0.25) is 0 Å². The van der Waals surface area contributed by atoms with Crippen molar-refractivity contribution in [3.63, 3.8) is 0 Å². The minimum atomic E-state index is -4.09. The third kappa shape index (κ3) is 5.40. The van der Waals surface area contributed by atoms with Gasteiger partial charge in [-0.2, -0.15) is 13.2 Å². The fourth-order valence-corrected chi connectivity index (χ4v) is 1.77. The van der Waals surface area contributed by atoms with Gasteiger partial charge in [-0.1, -0.05) is 12.1 Å². The van der Waals surface area contributed by atoms with Crippen molar-refractivity contribution in [2.24, 2.45) is 0 Å². The molecule has 0 saturated carbocycles. The number of rotatable bonds is 6. The minimum absolute atomic E-state index is 0.0806. The maximum atomic E-state index is 12.2. The molecule has 1 unspecified atom stereocenters. The van der Waals surface area contributed by atoms with Crippen LogP contribution in [0.1, 0.15) is 18.4 Å². The van der Waals surface area contributed by atoms with Crippen LogP contribution >= 0.6 is 0 Å². The zero-order valence-electron chi connectivity index (χ0n) is 10.6. The summed E-state index contributed by atoms with van der Waals surface area (Å²) in [5, 5.41) is 2.92. The predicted octanol–water partition coefficient (Wildman–Crippen LogP) is 3.17. The third-order valence-corrected chi connectivity index (χ3v) is 2.80. The maximum absolute atomic E-state index is 12.2. The second-order valence-electron chi connectivity index (χ2n) is 4.20. The quantitative estimate of drug-likeness (QED) is 0.849. The fourth-order valence-electron chi connectivity index (χ4n) is 1.77. The van der Waals surface area contributed by atoms with Gasteiger partial charge in [0, 0.05) is 12.5 Å². The highest BCUT2D eigenvalue weighted by atomic mass is 19.4. The van der Waals surface area contributed by atoms with Crippen LogP contribution in [0.15, 0.2) is 24.3 Å². The Kier molecular flexibility index (Phi) is 5.47. The molecule has 1 N–H and O–H groups in total. The fraction of sp³-hybridized carbons (Fsp3) is 0.538. The van der Waals surface area contributed by atoms with E-state index in [0.717, 1.165) is 11.3 Å². The topological polar surface area (TPSA) is 21.3 Å². The molecular weight excluding hydrogens is 243 g/mol. The van der Waals surface area contributed by atoms with Crippen molar-refractivity contribution in [3.8, 4) is 5.75 Å². The van der Waals surface area contributed by atoms with Crippen LogP contribution in [0, 0.1) is 0 Å². The average molecular weight is 261 g/mol. The molecule has 1 rings (SSSR count). The molecule has 1 aromatic rings. The molecule has 0 aliphatic heterocycles. The molecule has 0 saturated heterocycles. The van der Waals surface area contributed by atoms with Crippen LogP contribution in [0.3, 0.4) is 0 Å². The van der Waals surface area contributed by atoms with Gasteiger partial charge in [-0.05, 0) is 37.6 Å². The smallest absolute Gasteiger partial charge is 0.389 e. The van der Waals surface area contributed by atoms with Crippen molar-refractivity contribution in [1.29, 1.82) is 0 Å². The Balaban J connectivity index is 2.56. The van der Waals surface area contributed by atoms with Gasteiger partial charge in [-0.25, -0.2) is 0 Å². The lowest BCUT2D eigenvalue weighted by Gasteiger charge is -2.17. The Labute approximate surface area is 105 Å². The number of halogens is 3. The van der Waals surface area contributed by atoms with Gasteiger partial charge in [0.1, 0.15) is 5.75 Å². The molecule has 1 aromatic carbocycles. The maximum Gasteiger partial charge on any atom is 0.389 e. The first-order valence-electron chi connectivity index (χ1n) is 5.81. The molecule has 0 aliphatic rings. The summed E-state index contributed by atoms with van der Waals surface area (Å²) in [5.41, 5.74) is 0.968. The number of methoxy groups -OCH3 is 1. The normalized spacial score (nSPS) is 13.4. The predicted molar refractivity (Wildman–Crippen MR) is 64.8 cm³/mol. The highest BCUT2D eigenvalue weighted by Gasteiger charge is 2.27. The summed E-state index contributed by atoms with van der Waals surface area (Å²) in [5.74, 6) is 0.721. The summed E-state index contributed by atoms with van der Waals surface area (Å²) in [6.45, 7) is 0. The van der Waals surface area contributed by atoms with Crippen molar-refractivity contribution >= 4 is 0 Å². The van der Waals surface area contributed by atoms with Gasteiger partial charge in [0.25, 0.3) is 0 Å². The Hall–Kier alpha value is -1.23. The van der Waals surface area contributed by atoms with E-state index in [1.807, 2.05) is 24.3 Å². The van der Waals surface area contributed by atoms with Gasteiger partial charge < -0.3 is 10.1 Å². The first-order valence-corrected chi connectivity index (χ1v) is 5.81. The molecule has 18 heavy (non-hydrogen) atoms. The van der Waals surface area contributed by atoms with Gasteiger partial charge >= 0.3 is 6.18 Å². The molecule has 0 aromatic heterocycles. The lowest BCUT2D eigenvalue weighted by Crippen LogP contribution is -2.29. The molecule has 2 nitrogen and oxygen atoms in total. The van der Waals surface area contributed by atoms with Crippen molar-refractivity contribution in [2.45, 2.75) is 31.5 Å². The second kappa shape index (κ2) is 6.64. The van der Waals surface area contributed by atoms with E-state index >= 15 is 0 Å². The van der Waals surface area contributed by atoms with Crippen LogP contribution in [0.4, 0.5) is 13.2 Å². The van der Waals surface area contributed by atoms with Crippen molar-refractivity contribution in [1.82, 2.24) is 5.32 Å². The molecule has 102 valence electrons. The number of alkyl halides is 3. The van der Waals surface area contributed by atoms with E-state index in [9.17, 15) is 13.2 Å². The Morgan fingerprint density at radius 1 is 1.33 bits per heavy atom. The number of benzene rings is 1. The standard InChI is InChI=1S/C13H18F3NO/c1-17-11(6-7-13(14,15)16)8-10-4-3-5-12(9-10)18-2/h3-5,9,11,17H,6-8H2,1-2H3. The zero-order chi connectivity index (χ0) is 13.6. The summed E-state index contributed by atoms with van der Waals surface area (Å²) in [6, 6.07) is 7.20. The lowest BCUT2D eigenvalue weighted by molar-refractivity contribution is -0.136. The van der Waals surface area contributed by atoms with Crippen molar-refractivity contribution in [3.05, 3.63) is 29.8 Å². The van der Waals surface area contributed by atoms with Crippen LogP contribution < -0.4 is 10.1 Å². The van der Waals surface area contributed by atoms with Gasteiger partial charge in [-0.15, -0.1) is 0 Å². The summed E-state index contributed by atoms with van der Waals surface area (Å²) in [7, 11) is 3.25. The summed E-state index contributed by atoms with van der Waals surface area (Å²) in [6.07, 6.45) is -4.22. The lowest BCUT2D eigenvalue weighted by atomic mass is 10.0. The molecule has 0 spiro atoms. The van der Waals surface area contributed by atoms with E-state index in [2.05, 4.69) is 5.32 Å². The molecule has 0 aliphatic carbocycles.